The van der Waals surface area contributed by atoms with E-state index in [0.717, 1.165) is 5.69 Å². The number of aromatic nitrogens is 2. The second-order valence-corrected chi connectivity index (χ2v) is 6.90. The highest BCUT2D eigenvalue weighted by Crippen LogP contribution is 2.23. The number of hydrogen-bond acceptors (Lipinski definition) is 7. The Morgan fingerprint density at radius 2 is 1.97 bits per heavy atom. The van der Waals surface area contributed by atoms with E-state index in [0.29, 0.717) is 24.7 Å². The molecule has 1 heterocycles. The first-order valence-electron chi connectivity index (χ1n) is 9.14. The molecule has 31 heavy (non-hydrogen) atoms. The number of amidine groups is 1. The molecule has 0 bridgehead atoms. The Bertz CT molecular complexity index is 1060. The summed E-state index contributed by atoms with van der Waals surface area (Å²) in [6.45, 7) is 0.945. The van der Waals surface area contributed by atoms with Crippen LogP contribution in [0.3, 0.4) is 0 Å². The fourth-order valence-corrected chi connectivity index (χ4v) is 2.84. The third-order valence-corrected chi connectivity index (χ3v) is 4.54. The van der Waals surface area contributed by atoms with Crippen molar-refractivity contribution in [2.24, 2.45) is 9.98 Å². The predicted molar refractivity (Wildman–Crippen MR) is 119 cm³/mol. The monoisotopic (exact) mass is 490 g/mol. The van der Waals surface area contributed by atoms with Gasteiger partial charge < -0.3 is 16.0 Å². The van der Waals surface area contributed by atoms with Gasteiger partial charge in [-0.3, -0.25) is 15.7 Å². The summed E-state index contributed by atoms with van der Waals surface area (Å²) >= 11 is 3.09. The van der Waals surface area contributed by atoms with Crippen LogP contribution in [0.5, 0.6) is 0 Å². The Morgan fingerprint density at radius 3 is 2.68 bits per heavy atom. The van der Waals surface area contributed by atoms with Crippen LogP contribution in [0.15, 0.2) is 67.6 Å². The zero-order valence-corrected chi connectivity index (χ0v) is 18.0. The molecular weight excluding hydrogens is 471 g/mol. The highest BCUT2D eigenvalue weighted by Gasteiger charge is 2.16. The maximum absolute atomic E-state index is 13.4. The zero-order valence-electron chi connectivity index (χ0n) is 16.4. The number of anilines is 2. The average Bonchev–Trinajstić information content (AvgIpc) is 3.25. The lowest BCUT2D eigenvalue weighted by Gasteiger charge is -2.12. The lowest BCUT2D eigenvalue weighted by Crippen LogP contribution is -2.34. The Morgan fingerprint density at radius 1 is 1.16 bits per heavy atom. The van der Waals surface area contributed by atoms with Gasteiger partial charge in [0, 0.05) is 25.8 Å². The summed E-state index contributed by atoms with van der Waals surface area (Å²) in [6, 6.07) is 13.8. The van der Waals surface area contributed by atoms with Crippen molar-refractivity contribution in [1.29, 1.82) is 0 Å². The van der Waals surface area contributed by atoms with Gasteiger partial charge in [0.2, 0.25) is 5.82 Å². The molecule has 0 amide bonds. The van der Waals surface area contributed by atoms with Gasteiger partial charge >= 0.3 is 0 Å². The molecular formula is C19H20BrFN8O2. The summed E-state index contributed by atoms with van der Waals surface area (Å²) in [5.41, 5.74) is 3.42. The second kappa shape index (κ2) is 11.0. The summed E-state index contributed by atoms with van der Waals surface area (Å²) in [5, 5.41) is 26.4. The first-order chi connectivity index (χ1) is 15.1. The van der Waals surface area contributed by atoms with E-state index in [2.05, 4.69) is 52.2 Å². The lowest BCUT2D eigenvalue weighted by molar-refractivity contribution is 0.234. The van der Waals surface area contributed by atoms with Crippen LogP contribution in [0.25, 0.3) is 0 Å². The molecule has 0 unspecified atom stereocenters. The van der Waals surface area contributed by atoms with Gasteiger partial charge in [-0.05, 0) is 56.6 Å². The van der Waals surface area contributed by atoms with Crippen LogP contribution in [0.4, 0.5) is 21.6 Å². The van der Waals surface area contributed by atoms with E-state index in [9.17, 15) is 9.60 Å². The molecule has 3 rings (SSSR count). The molecule has 0 radical (unpaired) electrons. The Hall–Kier alpha value is -3.51. The van der Waals surface area contributed by atoms with E-state index in [-0.39, 0.29) is 21.8 Å². The highest BCUT2D eigenvalue weighted by molar-refractivity contribution is 9.10. The van der Waals surface area contributed by atoms with Gasteiger partial charge in [0.1, 0.15) is 5.82 Å². The minimum atomic E-state index is -0.424. The molecule has 10 nitrogen and oxygen atoms in total. The SMILES string of the molecule is CN=C(NCCNc1nonc1C(=Nc1ccc(F)c(Br)c1)NO)Nc1ccccc1. The van der Waals surface area contributed by atoms with Crippen molar-refractivity contribution in [3.8, 4) is 0 Å². The molecule has 0 fully saturated rings. The molecule has 5 N–H and O–H groups in total. The van der Waals surface area contributed by atoms with Gasteiger partial charge in [-0.1, -0.05) is 18.2 Å². The third kappa shape index (κ3) is 6.23. The topological polar surface area (TPSA) is 132 Å². The third-order valence-electron chi connectivity index (χ3n) is 3.93. The molecule has 0 aliphatic carbocycles. The number of hydroxylamine groups is 1. The fraction of sp³-hybridized carbons (Fsp3) is 0.158. The van der Waals surface area contributed by atoms with Crippen LogP contribution in [-0.2, 0) is 0 Å². The zero-order chi connectivity index (χ0) is 22.1. The van der Waals surface area contributed by atoms with E-state index in [1.165, 1.54) is 18.2 Å². The Labute approximate surface area is 185 Å². The molecule has 2 aromatic carbocycles. The van der Waals surface area contributed by atoms with Gasteiger partial charge in [-0.15, -0.1) is 0 Å². The van der Waals surface area contributed by atoms with Gasteiger partial charge in [0.05, 0.1) is 10.2 Å². The van der Waals surface area contributed by atoms with Crippen LogP contribution < -0.4 is 21.4 Å². The molecule has 0 aliphatic heterocycles. The van der Waals surface area contributed by atoms with Crippen molar-refractivity contribution < 1.29 is 14.2 Å². The van der Waals surface area contributed by atoms with Crippen LogP contribution in [0.1, 0.15) is 5.69 Å². The van der Waals surface area contributed by atoms with Crippen molar-refractivity contribution in [1.82, 2.24) is 21.1 Å². The fourth-order valence-electron chi connectivity index (χ4n) is 2.47. The number of halogens is 2. The minimum Gasteiger partial charge on any atom is -0.363 e. The normalized spacial score (nSPS) is 11.9. The number of rotatable bonds is 7. The summed E-state index contributed by atoms with van der Waals surface area (Å²) in [6.07, 6.45) is 0. The van der Waals surface area contributed by atoms with Gasteiger partial charge in [0.25, 0.3) is 0 Å². The summed E-state index contributed by atoms with van der Waals surface area (Å²) < 4.78 is 18.4. The molecule has 0 saturated heterocycles. The largest absolute Gasteiger partial charge is 0.363 e. The van der Waals surface area contributed by atoms with E-state index in [1.807, 2.05) is 35.8 Å². The Balaban J connectivity index is 1.59. The number of aliphatic imine (C=N–C) groups is 2. The van der Waals surface area contributed by atoms with Gasteiger partial charge in [-0.2, -0.15) is 0 Å². The molecule has 0 aliphatic rings. The van der Waals surface area contributed by atoms with Crippen molar-refractivity contribution >= 4 is 44.9 Å². The van der Waals surface area contributed by atoms with Crippen molar-refractivity contribution in [2.45, 2.75) is 0 Å². The lowest BCUT2D eigenvalue weighted by atomic mass is 10.3. The smallest absolute Gasteiger partial charge is 0.202 e. The van der Waals surface area contributed by atoms with Crippen LogP contribution in [-0.4, -0.2) is 47.5 Å². The van der Waals surface area contributed by atoms with Crippen LogP contribution in [0.2, 0.25) is 0 Å². The average molecular weight is 491 g/mol. The van der Waals surface area contributed by atoms with Gasteiger partial charge in [0.15, 0.2) is 17.5 Å². The quantitative estimate of drug-likeness (QED) is 0.148. The van der Waals surface area contributed by atoms with Gasteiger partial charge in [-0.25, -0.2) is 14.0 Å². The standard InChI is InChI=1S/C19H20BrFN8O2/c1-22-19(26-12-5-3-2-4-6-12)24-10-9-23-17-16(28-31-29-17)18(27-30)25-13-7-8-15(21)14(20)11-13/h2-8,11,30H,9-10H2,1H3,(H,23,29)(H,25,27)(H2,22,24,26). The van der Waals surface area contributed by atoms with E-state index in [1.54, 1.807) is 7.05 Å². The Kier molecular flexibility index (Phi) is 7.90. The number of nitrogens with zero attached hydrogens (tertiary/aromatic N) is 4. The first-order valence-corrected chi connectivity index (χ1v) is 9.93. The molecule has 0 atom stereocenters. The number of hydrogen-bond donors (Lipinski definition) is 5. The molecule has 0 saturated carbocycles. The number of guanidine groups is 1. The van der Waals surface area contributed by atoms with E-state index >= 15 is 0 Å². The summed E-state index contributed by atoms with van der Waals surface area (Å²) in [4.78, 5) is 8.37. The number of para-hydroxylation sites is 1. The molecule has 1 aromatic heterocycles. The van der Waals surface area contributed by atoms with E-state index in [4.69, 9.17) is 4.63 Å². The first kappa shape index (κ1) is 22.2. The van der Waals surface area contributed by atoms with Crippen LogP contribution in [0, 0.1) is 5.82 Å². The van der Waals surface area contributed by atoms with Crippen LogP contribution >= 0.6 is 15.9 Å². The molecule has 3 aromatic rings. The predicted octanol–water partition coefficient (Wildman–Crippen LogP) is 3.13. The number of benzene rings is 2. The minimum absolute atomic E-state index is 0.0169. The van der Waals surface area contributed by atoms with E-state index < -0.39 is 5.82 Å². The summed E-state index contributed by atoms with van der Waals surface area (Å²) in [5.74, 6) is 0.436. The molecule has 0 spiro atoms. The summed E-state index contributed by atoms with van der Waals surface area (Å²) in [7, 11) is 1.68. The second-order valence-electron chi connectivity index (χ2n) is 6.05. The molecule has 162 valence electrons. The molecule has 12 heteroatoms. The van der Waals surface area contributed by atoms with Crippen molar-refractivity contribution in [3.05, 3.63) is 64.5 Å². The van der Waals surface area contributed by atoms with Crippen molar-refractivity contribution in [3.63, 3.8) is 0 Å². The highest BCUT2D eigenvalue weighted by atomic mass is 79.9. The van der Waals surface area contributed by atoms with Crippen molar-refractivity contribution in [2.75, 3.05) is 30.8 Å². The maximum atomic E-state index is 13.4. The maximum Gasteiger partial charge on any atom is 0.202 e. The number of nitrogens with one attached hydrogen (secondary N) is 4.